The van der Waals surface area contributed by atoms with Crippen LogP contribution in [0.25, 0.3) is 16.9 Å². The number of anilines is 1. The molecule has 0 spiro atoms. The maximum absolute atomic E-state index is 13.3. The summed E-state index contributed by atoms with van der Waals surface area (Å²) in [4.78, 5) is 26.8. The molecule has 0 fully saturated rings. The van der Waals surface area contributed by atoms with Gasteiger partial charge in [0.05, 0.1) is 22.5 Å². The van der Waals surface area contributed by atoms with E-state index in [0.29, 0.717) is 23.5 Å². The highest BCUT2D eigenvalue weighted by molar-refractivity contribution is 5.99. The predicted molar refractivity (Wildman–Crippen MR) is 136 cm³/mol. The van der Waals surface area contributed by atoms with Crippen molar-refractivity contribution in [2.45, 2.75) is 19.3 Å². The summed E-state index contributed by atoms with van der Waals surface area (Å²) in [5.41, 5.74) is -2.16. The highest BCUT2D eigenvalue weighted by atomic mass is 19.4. The first-order valence-electron chi connectivity index (χ1n) is 12.0. The number of nitrogens with one attached hydrogen (secondary N) is 1. The van der Waals surface area contributed by atoms with Gasteiger partial charge in [-0.25, -0.2) is 4.68 Å². The van der Waals surface area contributed by atoms with Crippen LogP contribution in [0.5, 0.6) is 0 Å². The molecule has 0 saturated heterocycles. The average molecular weight is 560 g/mol. The van der Waals surface area contributed by atoms with Crippen molar-refractivity contribution in [3.8, 4) is 16.9 Å². The number of alkyl halides is 6. The topological polar surface area (TPSA) is 67.2 Å². The second kappa shape index (κ2) is 11.2. The van der Waals surface area contributed by atoms with Crippen LogP contribution in [0.3, 0.4) is 0 Å². The van der Waals surface area contributed by atoms with E-state index in [1.165, 1.54) is 11.6 Å². The zero-order chi connectivity index (χ0) is 29.1. The standard InChI is InChI=1S/C28H22F6N4O2/c1-2-37(26(40)19-13-20(27(29,30)31)15-21(14-19)28(32,33)34)17-25(39)35-24-16-23(18-9-5-3-6-10-18)36-38(24)22-11-7-4-8-12-22/h3-16H,2,17H2,1H3,(H,35,39). The van der Waals surface area contributed by atoms with E-state index in [2.05, 4.69) is 10.4 Å². The summed E-state index contributed by atoms with van der Waals surface area (Å²) >= 11 is 0. The third-order valence-corrected chi connectivity index (χ3v) is 5.89. The maximum Gasteiger partial charge on any atom is 0.416 e. The molecule has 0 aliphatic carbocycles. The molecule has 12 heteroatoms. The van der Waals surface area contributed by atoms with Crippen LogP contribution in [0.2, 0.25) is 0 Å². The summed E-state index contributed by atoms with van der Waals surface area (Å²) in [6.07, 6.45) is -10.2. The lowest BCUT2D eigenvalue weighted by Crippen LogP contribution is -2.38. The van der Waals surface area contributed by atoms with E-state index in [4.69, 9.17) is 0 Å². The molecule has 1 aromatic heterocycles. The summed E-state index contributed by atoms with van der Waals surface area (Å²) in [5, 5.41) is 7.21. The molecule has 0 bridgehead atoms. The SMILES string of the molecule is CCN(CC(=O)Nc1cc(-c2ccccc2)nn1-c1ccccc1)C(=O)c1cc(C(F)(F)F)cc(C(F)(F)F)c1. The fraction of sp³-hybridized carbons (Fsp3) is 0.179. The van der Waals surface area contributed by atoms with Gasteiger partial charge in [0.25, 0.3) is 5.91 Å². The molecule has 1 N–H and O–H groups in total. The Labute approximate surface area is 224 Å². The van der Waals surface area contributed by atoms with E-state index in [-0.39, 0.29) is 18.4 Å². The van der Waals surface area contributed by atoms with Gasteiger partial charge in [-0.3, -0.25) is 9.59 Å². The van der Waals surface area contributed by atoms with E-state index in [1.54, 1.807) is 36.4 Å². The van der Waals surface area contributed by atoms with Crippen molar-refractivity contribution in [1.82, 2.24) is 14.7 Å². The summed E-state index contributed by atoms with van der Waals surface area (Å²) in [7, 11) is 0. The van der Waals surface area contributed by atoms with Gasteiger partial charge in [0.1, 0.15) is 12.4 Å². The monoisotopic (exact) mass is 560 g/mol. The number of hydrogen-bond acceptors (Lipinski definition) is 3. The number of aromatic nitrogens is 2. The number of hydrogen-bond donors (Lipinski definition) is 1. The second-order valence-electron chi connectivity index (χ2n) is 8.69. The van der Waals surface area contributed by atoms with Crippen LogP contribution >= 0.6 is 0 Å². The lowest BCUT2D eigenvalue weighted by atomic mass is 10.0. The number of para-hydroxylation sites is 1. The van der Waals surface area contributed by atoms with E-state index in [0.717, 1.165) is 10.5 Å². The molecule has 208 valence electrons. The van der Waals surface area contributed by atoms with Crippen molar-refractivity contribution in [2.75, 3.05) is 18.4 Å². The molecule has 1 heterocycles. The number of rotatable bonds is 7. The lowest BCUT2D eigenvalue weighted by Gasteiger charge is -2.22. The van der Waals surface area contributed by atoms with E-state index in [9.17, 15) is 35.9 Å². The van der Waals surface area contributed by atoms with Gasteiger partial charge in [-0.1, -0.05) is 48.5 Å². The molecule has 0 radical (unpaired) electrons. The van der Waals surface area contributed by atoms with Gasteiger partial charge < -0.3 is 10.2 Å². The normalized spacial score (nSPS) is 11.8. The van der Waals surface area contributed by atoms with Gasteiger partial charge in [0.2, 0.25) is 5.91 Å². The van der Waals surface area contributed by atoms with E-state index in [1.807, 2.05) is 30.3 Å². The lowest BCUT2D eigenvalue weighted by molar-refractivity contribution is -0.143. The largest absolute Gasteiger partial charge is 0.416 e. The molecular formula is C28H22F6N4O2. The highest BCUT2D eigenvalue weighted by Crippen LogP contribution is 2.36. The van der Waals surface area contributed by atoms with Crippen molar-refractivity contribution in [3.63, 3.8) is 0 Å². The molecule has 6 nitrogen and oxygen atoms in total. The van der Waals surface area contributed by atoms with Crippen molar-refractivity contribution in [3.05, 3.63) is 102 Å². The molecule has 0 atom stereocenters. The predicted octanol–water partition coefficient (Wildman–Crippen LogP) is 6.68. The zero-order valence-electron chi connectivity index (χ0n) is 20.9. The van der Waals surface area contributed by atoms with Gasteiger partial charge in [-0.05, 0) is 37.3 Å². The Kier molecular flexibility index (Phi) is 7.98. The molecule has 3 aromatic carbocycles. The number of benzene rings is 3. The summed E-state index contributed by atoms with van der Waals surface area (Å²) in [5.74, 6) is -1.64. The van der Waals surface area contributed by atoms with E-state index < -0.39 is 47.4 Å². The summed E-state index contributed by atoms with van der Waals surface area (Å²) in [6, 6.07) is 20.2. The first kappa shape index (κ1) is 28.4. The van der Waals surface area contributed by atoms with Crippen molar-refractivity contribution >= 4 is 17.6 Å². The number of likely N-dealkylation sites (N-methyl/N-ethyl adjacent to an activating group) is 1. The zero-order valence-corrected chi connectivity index (χ0v) is 20.9. The second-order valence-corrected chi connectivity index (χ2v) is 8.69. The number of nitrogens with zero attached hydrogens (tertiary/aromatic N) is 3. The van der Waals surface area contributed by atoms with Crippen LogP contribution in [0.15, 0.2) is 84.9 Å². The molecule has 0 unspecified atom stereocenters. The molecule has 40 heavy (non-hydrogen) atoms. The molecule has 4 aromatic rings. The Morgan fingerprint density at radius 3 is 1.90 bits per heavy atom. The molecule has 0 saturated carbocycles. The maximum atomic E-state index is 13.3. The Morgan fingerprint density at radius 2 is 1.38 bits per heavy atom. The number of carbonyl (C=O) groups excluding carboxylic acids is 2. The summed E-state index contributed by atoms with van der Waals surface area (Å²) in [6.45, 7) is 0.663. The fourth-order valence-electron chi connectivity index (χ4n) is 3.93. The minimum atomic E-state index is -5.11. The van der Waals surface area contributed by atoms with E-state index >= 15 is 0 Å². The van der Waals surface area contributed by atoms with Crippen LogP contribution < -0.4 is 5.32 Å². The van der Waals surface area contributed by atoms with Crippen molar-refractivity contribution < 1.29 is 35.9 Å². The number of halogens is 6. The molecule has 0 aliphatic rings. The molecule has 0 aliphatic heterocycles. The average Bonchev–Trinajstić information content (AvgIpc) is 3.34. The van der Waals surface area contributed by atoms with Gasteiger partial charge in [-0.15, -0.1) is 0 Å². The number of carbonyl (C=O) groups is 2. The molecular weight excluding hydrogens is 538 g/mol. The fourth-order valence-corrected chi connectivity index (χ4v) is 3.93. The molecule has 2 amide bonds. The summed E-state index contributed by atoms with van der Waals surface area (Å²) < 4.78 is 81.1. The van der Waals surface area contributed by atoms with Crippen LogP contribution in [0.4, 0.5) is 32.2 Å². The minimum absolute atomic E-state index is 0.0607. The minimum Gasteiger partial charge on any atom is -0.330 e. The first-order chi connectivity index (χ1) is 18.9. The van der Waals surface area contributed by atoms with Crippen molar-refractivity contribution in [2.24, 2.45) is 0 Å². The van der Waals surface area contributed by atoms with Gasteiger partial charge >= 0.3 is 12.4 Å². The number of amides is 2. The van der Waals surface area contributed by atoms with Crippen molar-refractivity contribution in [1.29, 1.82) is 0 Å². The van der Waals surface area contributed by atoms with Gasteiger partial charge in [0.15, 0.2) is 0 Å². The van der Waals surface area contributed by atoms with Crippen LogP contribution in [0.1, 0.15) is 28.4 Å². The Bertz CT molecular complexity index is 1470. The Balaban J connectivity index is 1.61. The third-order valence-electron chi connectivity index (χ3n) is 5.89. The Hall–Kier alpha value is -4.61. The molecule has 4 rings (SSSR count). The quantitative estimate of drug-likeness (QED) is 0.257. The van der Waals surface area contributed by atoms with Crippen LogP contribution in [-0.4, -0.2) is 39.6 Å². The van der Waals surface area contributed by atoms with Crippen LogP contribution in [0, 0.1) is 0 Å². The first-order valence-corrected chi connectivity index (χ1v) is 12.0. The van der Waals surface area contributed by atoms with Crippen LogP contribution in [-0.2, 0) is 17.1 Å². The third kappa shape index (κ3) is 6.50. The highest BCUT2D eigenvalue weighted by Gasteiger charge is 2.38. The van der Waals surface area contributed by atoms with Gasteiger partial charge in [-0.2, -0.15) is 31.4 Å². The van der Waals surface area contributed by atoms with Gasteiger partial charge in [0, 0.05) is 23.7 Å². The Morgan fingerprint density at radius 1 is 0.825 bits per heavy atom. The smallest absolute Gasteiger partial charge is 0.330 e.